The monoisotopic (exact) mass is 228 g/mol. The molecule has 3 rings (SSSR count). The summed E-state index contributed by atoms with van der Waals surface area (Å²) in [5, 5.41) is 0. The van der Waals surface area contributed by atoms with E-state index in [0.29, 0.717) is 0 Å². The average Bonchev–Trinajstić information content (AvgIpc) is 3.02. The second-order valence-corrected chi connectivity index (χ2v) is 5.46. The molecule has 17 heavy (non-hydrogen) atoms. The highest BCUT2D eigenvalue weighted by Gasteiger charge is 2.33. The van der Waals surface area contributed by atoms with E-state index in [4.69, 9.17) is 0 Å². The second kappa shape index (κ2) is 6.05. The first kappa shape index (κ1) is 12.4. The summed E-state index contributed by atoms with van der Waals surface area (Å²) < 4.78 is 0. The largest absolute Gasteiger partial charge is 0.103 e. The van der Waals surface area contributed by atoms with Crippen LogP contribution >= 0.6 is 0 Å². The van der Waals surface area contributed by atoms with E-state index in [1.807, 2.05) is 0 Å². The Balaban J connectivity index is 0.000000128. The Morgan fingerprint density at radius 2 is 1.88 bits per heavy atom. The van der Waals surface area contributed by atoms with Crippen molar-refractivity contribution in [2.75, 3.05) is 0 Å². The van der Waals surface area contributed by atoms with Crippen LogP contribution in [0.3, 0.4) is 0 Å². The molecule has 0 spiro atoms. The average molecular weight is 228 g/mol. The predicted octanol–water partition coefficient (Wildman–Crippen LogP) is 4.91. The smallest absolute Gasteiger partial charge is 0.0165 e. The Bertz CT molecular complexity index is 321. The molecule has 0 saturated heterocycles. The molecule has 4 atom stereocenters. The maximum absolute atomic E-state index is 3.83. The summed E-state index contributed by atoms with van der Waals surface area (Å²) in [5.41, 5.74) is 0. The summed E-state index contributed by atoms with van der Waals surface area (Å²) >= 11 is 0. The lowest BCUT2D eigenvalue weighted by Crippen LogP contribution is -2.01. The summed E-state index contributed by atoms with van der Waals surface area (Å²) in [6, 6.07) is 0. The van der Waals surface area contributed by atoms with Crippen molar-refractivity contribution in [1.29, 1.82) is 0 Å². The summed E-state index contributed by atoms with van der Waals surface area (Å²) in [4.78, 5) is 0. The van der Waals surface area contributed by atoms with Crippen LogP contribution in [0.1, 0.15) is 32.1 Å². The molecule has 1 fully saturated rings. The van der Waals surface area contributed by atoms with Crippen LogP contribution in [0.5, 0.6) is 0 Å². The zero-order valence-electron chi connectivity index (χ0n) is 10.7. The van der Waals surface area contributed by atoms with Gasteiger partial charge in [-0.2, -0.15) is 0 Å². The van der Waals surface area contributed by atoms with Crippen LogP contribution in [0.2, 0.25) is 0 Å². The molecule has 0 aromatic heterocycles. The van der Waals surface area contributed by atoms with Crippen LogP contribution in [0.4, 0.5) is 0 Å². The quantitative estimate of drug-likeness (QED) is 0.589. The Labute approximate surface area is 106 Å². The molecule has 3 aliphatic carbocycles. The minimum atomic E-state index is 0.764. The standard InChI is InChI=1S/C9H12.C8H12/c1-2-8-5-7-3-4-9(8)6-7;1-2-8-6-4-3-5-7-8/h2-4,7-9H,1,5-6H2;2-4,8H,1,5-7H2. The summed E-state index contributed by atoms with van der Waals surface area (Å²) in [5.74, 6) is 3.32. The maximum Gasteiger partial charge on any atom is -0.0165 e. The highest BCUT2D eigenvalue weighted by atomic mass is 14.4. The van der Waals surface area contributed by atoms with Gasteiger partial charge in [0.25, 0.3) is 0 Å². The Hall–Kier alpha value is -1.04. The number of fused-ring (bicyclic) bond motifs is 2. The minimum absolute atomic E-state index is 0.764. The van der Waals surface area contributed by atoms with Crippen molar-refractivity contribution in [3.05, 3.63) is 49.6 Å². The van der Waals surface area contributed by atoms with Crippen LogP contribution in [-0.2, 0) is 0 Å². The third-order valence-electron chi connectivity index (χ3n) is 4.28. The van der Waals surface area contributed by atoms with Gasteiger partial charge in [0.2, 0.25) is 0 Å². The molecule has 1 saturated carbocycles. The van der Waals surface area contributed by atoms with Crippen LogP contribution < -0.4 is 0 Å². The van der Waals surface area contributed by atoms with Crippen molar-refractivity contribution < 1.29 is 0 Å². The highest BCUT2D eigenvalue weighted by Crippen LogP contribution is 2.43. The second-order valence-electron chi connectivity index (χ2n) is 5.46. The molecule has 0 radical (unpaired) electrons. The van der Waals surface area contributed by atoms with Gasteiger partial charge in [0.15, 0.2) is 0 Å². The van der Waals surface area contributed by atoms with Gasteiger partial charge in [0.05, 0.1) is 0 Å². The molecule has 0 aromatic carbocycles. The Morgan fingerprint density at radius 3 is 2.24 bits per heavy atom. The van der Waals surface area contributed by atoms with E-state index in [0.717, 1.165) is 23.7 Å². The molecule has 0 amide bonds. The van der Waals surface area contributed by atoms with E-state index < -0.39 is 0 Å². The fourth-order valence-corrected chi connectivity index (χ4v) is 3.13. The highest BCUT2D eigenvalue weighted by molar-refractivity contribution is 5.13. The van der Waals surface area contributed by atoms with Crippen molar-refractivity contribution in [1.82, 2.24) is 0 Å². The molecule has 0 heteroatoms. The van der Waals surface area contributed by atoms with Gasteiger partial charge in [-0.25, -0.2) is 0 Å². The van der Waals surface area contributed by atoms with Gasteiger partial charge in [-0.3, -0.25) is 0 Å². The van der Waals surface area contributed by atoms with Crippen LogP contribution in [0.25, 0.3) is 0 Å². The van der Waals surface area contributed by atoms with Crippen LogP contribution in [0.15, 0.2) is 49.6 Å². The van der Waals surface area contributed by atoms with E-state index >= 15 is 0 Å². The fraction of sp³-hybridized carbons (Fsp3) is 0.529. The molecule has 2 bridgehead atoms. The van der Waals surface area contributed by atoms with Crippen LogP contribution in [0, 0.1) is 23.7 Å². The Morgan fingerprint density at radius 1 is 1.00 bits per heavy atom. The van der Waals surface area contributed by atoms with E-state index in [-0.39, 0.29) is 0 Å². The summed E-state index contributed by atoms with van der Waals surface area (Å²) in [6.07, 6.45) is 19.9. The van der Waals surface area contributed by atoms with Crippen LogP contribution in [-0.4, -0.2) is 0 Å². The third kappa shape index (κ3) is 3.21. The number of hydrogen-bond acceptors (Lipinski definition) is 0. The van der Waals surface area contributed by atoms with E-state index in [1.165, 1.54) is 32.1 Å². The van der Waals surface area contributed by atoms with Gasteiger partial charge >= 0.3 is 0 Å². The van der Waals surface area contributed by atoms with Crippen molar-refractivity contribution >= 4 is 0 Å². The van der Waals surface area contributed by atoms with Crippen molar-refractivity contribution in [3.63, 3.8) is 0 Å². The van der Waals surface area contributed by atoms with Gasteiger partial charge in [-0.15, -0.1) is 13.2 Å². The van der Waals surface area contributed by atoms with Gasteiger partial charge in [0.1, 0.15) is 0 Å². The normalized spacial score (nSPS) is 37.4. The summed E-state index contributed by atoms with van der Waals surface area (Å²) in [6.45, 7) is 7.58. The molecule has 0 N–H and O–H groups in total. The van der Waals surface area contributed by atoms with E-state index in [2.05, 4.69) is 49.6 Å². The lowest BCUT2D eigenvalue weighted by atomic mass is 9.94. The van der Waals surface area contributed by atoms with Crippen molar-refractivity contribution in [3.8, 4) is 0 Å². The number of rotatable bonds is 2. The molecule has 0 aromatic rings. The number of hydrogen-bond donors (Lipinski definition) is 0. The lowest BCUT2D eigenvalue weighted by molar-refractivity contribution is 0.551. The van der Waals surface area contributed by atoms with E-state index in [9.17, 15) is 0 Å². The number of allylic oxidation sites excluding steroid dienone is 6. The van der Waals surface area contributed by atoms with Gasteiger partial charge in [-0.05, 0) is 55.8 Å². The first-order chi connectivity index (χ1) is 8.33. The molecule has 3 aliphatic rings. The zero-order valence-corrected chi connectivity index (χ0v) is 10.7. The first-order valence-corrected chi connectivity index (χ1v) is 6.92. The minimum Gasteiger partial charge on any atom is -0.103 e. The SMILES string of the molecule is C=CC1CC2C=CC1C2.C=CC1CC=CCC1. The molecule has 0 aliphatic heterocycles. The fourth-order valence-electron chi connectivity index (χ4n) is 3.13. The van der Waals surface area contributed by atoms with E-state index in [1.54, 1.807) is 0 Å². The van der Waals surface area contributed by atoms with Gasteiger partial charge in [0, 0.05) is 0 Å². The maximum atomic E-state index is 3.83. The first-order valence-electron chi connectivity index (χ1n) is 6.92. The molecule has 0 nitrogen and oxygen atoms in total. The predicted molar refractivity (Wildman–Crippen MR) is 75.7 cm³/mol. The van der Waals surface area contributed by atoms with Gasteiger partial charge < -0.3 is 0 Å². The van der Waals surface area contributed by atoms with Gasteiger partial charge in [-0.1, -0.05) is 36.5 Å². The third-order valence-corrected chi connectivity index (χ3v) is 4.28. The van der Waals surface area contributed by atoms with Crippen molar-refractivity contribution in [2.24, 2.45) is 23.7 Å². The molecule has 4 unspecified atom stereocenters. The Kier molecular flexibility index (Phi) is 4.42. The van der Waals surface area contributed by atoms with Crippen molar-refractivity contribution in [2.45, 2.75) is 32.1 Å². The lowest BCUT2D eigenvalue weighted by Gasteiger charge is -2.11. The summed E-state index contributed by atoms with van der Waals surface area (Å²) in [7, 11) is 0. The molecule has 92 valence electrons. The topological polar surface area (TPSA) is 0 Å². The molecule has 0 heterocycles. The zero-order chi connectivity index (χ0) is 12.1. The molecular formula is C17H24. The molecular weight excluding hydrogens is 204 g/mol.